The van der Waals surface area contributed by atoms with Crippen LogP contribution in [0, 0.1) is 0 Å². The Morgan fingerprint density at radius 3 is 2.89 bits per heavy atom. The fourth-order valence-corrected chi connectivity index (χ4v) is 2.13. The van der Waals surface area contributed by atoms with E-state index in [1.54, 1.807) is 18.9 Å². The van der Waals surface area contributed by atoms with Crippen LogP contribution in [-0.4, -0.2) is 58.4 Å². The number of carbonyl (C=O) groups is 1. The van der Waals surface area contributed by atoms with E-state index in [-0.39, 0.29) is 5.91 Å². The lowest BCUT2D eigenvalue weighted by Crippen LogP contribution is -2.27. The van der Waals surface area contributed by atoms with Crippen LogP contribution in [0.1, 0.15) is 12.8 Å². The van der Waals surface area contributed by atoms with Gasteiger partial charge in [0.1, 0.15) is 0 Å². The molecule has 0 radical (unpaired) electrons. The Hall–Kier alpha value is -1.19. The van der Waals surface area contributed by atoms with Crippen LogP contribution in [0.2, 0.25) is 0 Å². The third-order valence-electron chi connectivity index (χ3n) is 2.62. The topological polar surface area (TPSA) is 91.2 Å². The number of hydrogen-bond acceptors (Lipinski definition) is 7. The lowest BCUT2D eigenvalue weighted by Gasteiger charge is -2.13. The summed E-state index contributed by atoms with van der Waals surface area (Å²) in [4.78, 5) is 11.6. The molecule has 1 aromatic heterocycles. The summed E-state index contributed by atoms with van der Waals surface area (Å²) in [7, 11) is 3.10. The first-order valence-electron chi connectivity index (χ1n) is 5.97. The number of aromatic nitrogens is 4. The van der Waals surface area contributed by atoms with Crippen LogP contribution in [0.25, 0.3) is 0 Å². The second-order valence-electron chi connectivity index (χ2n) is 4.17. The molecular weight excluding hydrogens is 270 g/mol. The lowest BCUT2D eigenvalue weighted by molar-refractivity contribution is -0.118. The van der Waals surface area contributed by atoms with Crippen molar-refractivity contribution in [2.24, 2.45) is 0 Å². The fourth-order valence-electron chi connectivity index (χ4n) is 1.43. The van der Waals surface area contributed by atoms with E-state index in [4.69, 9.17) is 9.47 Å². The number of nitrogens with one attached hydrogen (secondary N) is 1. The Bertz CT molecular complexity index is 419. The molecule has 0 bridgehead atoms. The average molecular weight is 287 g/mol. The van der Waals surface area contributed by atoms with Gasteiger partial charge in [-0.05, 0) is 23.3 Å². The Balaban J connectivity index is 1.82. The molecule has 8 nitrogen and oxygen atoms in total. The summed E-state index contributed by atoms with van der Waals surface area (Å²) < 4.78 is 11.7. The van der Waals surface area contributed by atoms with Crippen molar-refractivity contribution in [3.05, 3.63) is 0 Å². The van der Waals surface area contributed by atoms with Crippen LogP contribution >= 0.6 is 11.8 Å². The Kier molecular flexibility index (Phi) is 5.11. The second-order valence-corrected chi connectivity index (χ2v) is 5.12. The van der Waals surface area contributed by atoms with Crippen molar-refractivity contribution >= 4 is 17.7 Å². The van der Waals surface area contributed by atoms with Gasteiger partial charge >= 0.3 is 0 Å². The Morgan fingerprint density at radius 1 is 1.53 bits per heavy atom. The standard InChI is InChI=1S/C10H17N5O3S/c1-17-9(18-2)5-15-10(12-13-14-15)19-6-8(16)11-7-3-4-7/h7,9H,3-6H2,1-2H3,(H,11,16). The summed E-state index contributed by atoms with van der Waals surface area (Å²) in [5, 5.41) is 14.8. The monoisotopic (exact) mass is 287 g/mol. The van der Waals surface area contributed by atoms with Gasteiger partial charge in [-0.2, -0.15) is 0 Å². The van der Waals surface area contributed by atoms with Crippen LogP contribution < -0.4 is 5.32 Å². The summed E-state index contributed by atoms with van der Waals surface area (Å²) in [6, 6.07) is 0.371. The molecule has 1 heterocycles. The van der Waals surface area contributed by atoms with Crippen molar-refractivity contribution in [3.8, 4) is 0 Å². The average Bonchev–Trinajstić information content (AvgIpc) is 3.11. The molecule has 1 N–H and O–H groups in total. The van der Waals surface area contributed by atoms with E-state index in [2.05, 4.69) is 20.8 Å². The molecule has 0 saturated heterocycles. The van der Waals surface area contributed by atoms with Gasteiger partial charge in [-0.25, -0.2) is 4.68 Å². The molecule has 0 spiro atoms. The van der Waals surface area contributed by atoms with Crippen LogP contribution in [0.3, 0.4) is 0 Å². The minimum absolute atomic E-state index is 0.0112. The molecule has 19 heavy (non-hydrogen) atoms. The van der Waals surface area contributed by atoms with Gasteiger partial charge in [0.05, 0.1) is 12.3 Å². The van der Waals surface area contributed by atoms with Crippen molar-refractivity contribution in [1.29, 1.82) is 0 Å². The second kappa shape index (κ2) is 6.83. The Labute approximate surface area is 115 Å². The third-order valence-corrected chi connectivity index (χ3v) is 3.58. The zero-order valence-electron chi connectivity index (χ0n) is 10.9. The molecular formula is C10H17N5O3S. The molecule has 106 valence electrons. The van der Waals surface area contributed by atoms with E-state index >= 15 is 0 Å². The van der Waals surface area contributed by atoms with Gasteiger partial charge in [-0.15, -0.1) is 5.10 Å². The molecule has 2 rings (SSSR count). The highest BCUT2D eigenvalue weighted by Crippen LogP contribution is 2.19. The number of thioether (sulfide) groups is 1. The van der Waals surface area contributed by atoms with Gasteiger partial charge in [-0.3, -0.25) is 4.79 Å². The minimum Gasteiger partial charge on any atom is -0.354 e. The van der Waals surface area contributed by atoms with E-state index in [0.717, 1.165) is 12.8 Å². The van der Waals surface area contributed by atoms with Crippen LogP contribution in [-0.2, 0) is 20.8 Å². The highest BCUT2D eigenvalue weighted by atomic mass is 32.2. The molecule has 1 aromatic rings. The van der Waals surface area contributed by atoms with Crippen LogP contribution in [0.5, 0.6) is 0 Å². The van der Waals surface area contributed by atoms with Crippen LogP contribution in [0.15, 0.2) is 5.16 Å². The first kappa shape index (κ1) is 14.2. The van der Waals surface area contributed by atoms with Gasteiger partial charge in [-0.1, -0.05) is 11.8 Å². The summed E-state index contributed by atoms with van der Waals surface area (Å²) in [6.07, 6.45) is 1.75. The molecule has 1 amide bonds. The predicted octanol–water partition coefficient (Wildman–Crippen LogP) is -0.337. The maximum Gasteiger partial charge on any atom is 0.230 e. The van der Waals surface area contributed by atoms with Gasteiger partial charge in [0.2, 0.25) is 11.1 Å². The highest BCUT2D eigenvalue weighted by molar-refractivity contribution is 7.99. The molecule has 0 aliphatic heterocycles. The smallest absolute Gasteiger partial charge is 0.230 e. The minimum atomic E-state index is -0.414. The van der Waals surface area contributed by atoms with Gasteiger partial charge in [0.25, 0.3) is 0 Å². The van der Waals surface area contributed by atoms with Crippen molar-refractivity contribution in [2.45, 2.75) is 36.9 Å². The van der Waals surface area contributed by atoms with E-state index in [1.165, 1.54) is 11.8 Å². The van der Waals surface area contributed by atoms with E-state index < -0.39 is 6.29 Å². The van der Waals surface area contributed by atoms with Crippen molar-refractivity contribution < 1.29 is 14.3 Å². The van der Waals surface area contributed by atoms with Crippen molar-refractivity contribution in [3.63, 3.8) is 0 Å². The fraction of sp³-hybridized carbons (Fsp3) is 0.800. The maximum absolute atomic E-state index is 11.6. The number of hydrogen-bond donors (Lipinski definition) is 1. The number of tetrazole rings is 1. The number of carbonyl (C=O) groups excluding carboxylic acids is 1. The van der Waals surface area contributed by atoms with Gasteiger partial charge < -0.3 is 14.8 Å². The molecule has 1 fully saturated rings. The normalized spacial score (nSPS) is 14.9. The largest absolute Gasteiger partial charge is 0.354 e. The zero-order chi connectivity index (χ0) is 13.7. The van der Waals surface area contributed by atoms with E-state index in [1.807, 2.05) is 0 Å². The molecule has 0 atom stereocenters. The first-order valence-corrected chi connectivity index (χ1v) is 6.95. The summed E-state index contributed by atoms with van der Waals surface area (Å²) >= 11 is 1.30. The number of methoxy groups -OCH3 is 2. The van der Waals surface area contributed by atoms with Crippen LogP contribution in [0.4, 0.5) is 0 Å². The van der Waals surface area contributed by atoms with E-state index in [9.17, 15) is 4.79 Å². The number of ether oxygens (including phenoxy) is 2. The number of rotatable bonds is 8. The molecule has 1 saturated carbocycles. The number of nitrogens with zero attached hydrogens (tertiary/aromatic N) is 4. The predicted molar refractivity (Wildman–Crippen MR) is 67.5 cm³/mol. The highest BCUT2D eigenvalue weighted by Gasteiger charge is 2.23. The Morgan fingerprint density at radius 2 is 2.26 bits per heavy atom. The SMILES string of the molecule is COC(Cn1nnnc1SCC(=O)NC1CC1)OC. The van der Waals surface area contributed by atoms with Gasteiger partial charge in [0, 0.05) is 20.3 Å². The molecule has 0 aromatic carbocycles. The molecule has 1 aliphatic rings. The lowest BCUT2D eigenvalue weighted by atomic mass is 10.6. The first-order chi connectivity index (χ1) is 9.22. The summed E-state index contributed by atoms with van der Waals surface area (Å²) in [6.45, 7) is 0.382. The van der Waals surface area contributed by atoms with E-state index in [0.29, 0.717) is 23.5 Å². The molecule has 0 unspecified atom stereocenters. The summed E-state index contributed by atoms with van der Waals surface area (Å²) in [5.41, 5.74) is 0. The van der Waals surface area contributed by atoms with Crippen molar-refractivity contribution in [1.82, 2.24) is 25.5 Å². The number of amides is 1. The zero-order valence-corrected chi connectivity index (χ0v) is 11.7. The van der Waals surface area contributed by atoms with Crippen molar-refractivity contribution in [2.75, 3.05) is 20.0 Å². The third kappa shape index (κ3) is 4.44. The quantitative estimate of drug-likeness (QED) is 0.516. The van der Waals surface area contributed by atoms with Gasteiger partial charge in [0.15, 0.2) is 6.29 Å². The molecule has 9 heteroatoms. The maximum atomic E-state index is 11.6. The summed E-state index contributed by atoms with van der Waals surface area (Å²) in [5.74, 6) is 0.318. The molecule has 1 aliphatic carbocycles.